The minimum absolute atomic E-state index is 0.0149. The highest BCUT2D eigenvalue weighted by Crippen LogP contribution is 2.32. The van der Waals surface area contributed by atoms with E-state index in [4.69, 9.17) is 14.2 Å². The third-order valence-electron chi connectivity index (χ3n) is 3.01. The van der Waals surface area contributed by atoms with E-state index in [0.29, 0.717) is 5.92 Å². The van der Waals surface area contributed by atoms with E-state index in [0.717, 1.165) is 0 Å². The maximum Gasteiger partial charge on any atom is 0.163 e. The zero-order valence-electron chi connectivity index (χ0n) is 9.40. The molecule has 0 unspecified atom stereocenters. The van der Waals surface area contributed by atoms with E-state index in [1.807, 2.05) is 6.08 Å². The summed E-state index contributed by atoms with van der Waals surface area (Å²) in [4.78, 5) is 0. The van der Waals surface area contributed by atoms with Gasteiger partial charge >= 0.3 is 0 Å². The number of hydrogen-bond acceptors (Lipinski definition) is 3. The molecule has 0 aromatic rings. The number of methoxy groups -OCH3 is 2. The van der Waals surface area contributed by atoms with E-state index in [1.165, 1.54) is 0 Å². The molecule has 0 saturated carbocycles. The SMILES string of the molecule is C=C[C@@H]1O[C@@H](OC)[C@H](C)[C@H](OC)[C@@H]1C. The van der Waals surface area contributed by atoms with Crippen molar-refractivity contribution >= 4 is 0 Å². The van der Waals surface area contributed by atoms with Crippen LogP contribution in [0.5, 0.6) is 0 Å². The van der Waals surface area contributed by atoms with Crippen LogP contribution in [-0.2, 0) is 14.2 Å². The van der Waals surface area contributed by atoms with E-state index in [-0.39, 0.29) is 24.4 Å². The zero-order chi connectivity index (χ0) is 10.7. The number of hydrogen-bond donors (Lipinski definition) is 0. The van der Waals surface area contributed by atoms with Gasteiger partial charge in [-0.15, -0.1) is 6.58 Å². The first kappa shape index (κ1) is 11.7. The molecule has 82 valence electrons. The van der Waals surface area contributed by atoms with E-state index >= 15 is 0 Å². The third kappa shape index (κ3) is 2.00. The highest BCUT2D eigenvalue weighted by Gasteiger charge is 2.40. The van der Waals surface area contributed by atoms with Crippen molar-refractivity contribution in [1.82, 2.24) is 0 Å². The fraction of sp³-hybridized carbons (Fsp3) is 0.818. The molecule has 3 nitrogen and oxygen atoms in total. The summed E-state index contributed by atoms with van der Waals surface area (Å²) in [6.07, 6.45) is 1.80. The predicted octanol–water partition coefficient (Wildman–Crippen LogP) is 1.83. The quantitative estimate of drug-likeness (QED) is 0.650. The van der Waals surface area contributed by atoms with Gasteiger partial charge in [0.15, 0.2) is 6.29 Å². The van der Waals surface area contributed by atoms with E-state index < -0.39 is 0 Å². The van der Waals surface area contributed by atoms with Crippen molar-refractivity contribution in [3.8, 4) is 0 Å². The normalized spacial score (nSPS) is 43.6. The first-order chi connectivity index (χ1) is 6.65. The van der Waals surface area contributed by atoms with Gasteiger partial charge in [0.2, 0.25) is 0 Å². The smallest absolute Gasteiger partial charge is 0.163 e. The van der Waals surface area contributed by atoms with E-state index in [2.05, 4.69) is 20.4 Å². The van der Waals surface area contributed by atoms with Gasteiger partial charge in [0, 0.05) is 26.1 Å². The van der Waals surface area contributed by atoms with Crippen molar-refractivity contribution in [2.75, 3.05) is 14.2 Å². The molecule has 0 amide bonds. The minimum Gasteiger partial charge on any atom is -0.381 e. The van der Waals surface area contributed by atoms with Crippen LogP contribution < -0.4 is 0 Å². The topological polar surface area (TPSA) is 27.7 Å². The lowest BCUT2D eigenvalue weighted by Crippen LogP contribution is -2.49. The molecule has 1 saturated heterocycles. The summed E-state index contributed by atoms with van der Waals surface area (Å²) >= 11 is 0. The van der Waals surface area contributed by atoms with Crippen molar-refractivity contribution in [2.24, 2.45) is 11.8 Å². The van der Waals surface area contributed by atoms with Gasteiger partial charge in [0.1, 0.15) is 0 Å². The molecule has 0 aromatic heterocycles. The van der Waals surface area contributed by atoms with Gasteiger partial charge in [-0.05, 0) is 0 Å². The Labute approximate surface area is 86.0 Å². The lowest BCUT2D eigenvalue weighted by Gasteiger charge is -2.42. The van der Waals surface area contributed by atoms with E-state index in [1.54, 1.807) is 14.2 Å². The highest BCUT2D eigenvalue weighted by atomic mass is 16.7. The Kier molecular flexibility index (Phi) is 4.11. The summed E-state index contributed by atoms with van der Waals surface area (Å²) in [7, 11) is 3.39. The fourth-order valence-electron chi connectivity index (χ4n) is 2.19. The van der Waals surface area contributed by atoms with Gasteiger partial charge in [-0.1, -0.05) is 19.9 Å². The summed E-state index contributed by atoms with van der Waals surface area (Å²) in [6, 6.07) is 0. The number of ether oxygens (including phenoxy) is 3. The molecule has 0 spiro atoms. The van der Waals surface area contributed by atoms with Crippen molar-refractivity contribution < 1.29 is 14.2 Å². The molecule has 1 aliphatic rings. The standard InChI is InChI=1S/C11H20O3/c1-6-9-7(2)10(12-4)8(3)11(13-5)14-9/h6-11H,1H2,2-5H3/t7-,8-,9+,10-,11-/m1/s1. The van der Waals surface area contributed by atoms with Crippen molar-refractivity contribution in [1.29, 1.82) is 0 Å². The van der Waals surface area contributed by atoms with Gasteiger partial charge in [0.05, 0.1) is 12.2 Å². The average Bonchev–Trinajstić information content (AvgIpc) is 2.19. The van der Waals surface area contributed by atoms with Crippen molar-refractivity contribution in [2.45, 2.75) is 32.3 Å². The maximum atomic E-state index is 5.72. The first-order valence-corrected chi connectivity index (χ1v) is 4.99. The van der Waals surface area contributed by atoms with Crippen LogP contribution in [-0.4, -0.2) is 32.7 Å². The largest absolute Gasteiger partial charge is 0.381 e. The van der Waals surface area contributed by atoms with Crippen molar-refractivity contribution in [3.63, 3.8) is 0 Å². The molecule has 0 radical (unpaired) electrons. The van der Waals surface area contributed by atoms with Gasteiger partial charge in [-0.25, -0.2) is 0 Å². The van der Waals surface area contributed by atoms with Gasteiger partial charge in [0.25, 0.3) is 0 Å². The van der Waals surface area contributed by atoms with Crippen LogP contribution >= 0.6 is 0 Å². The minimum atomic E-state index is -0.195. The summed E-state index contributed by atoms with van der Waals surface area (Å²) in [5.74, 6) is 0.565. The Morgan fingerprint density at radius 3 is 2.21 bits per heavy atom. The molecule has 0 aromatic carbocycles. The van der Waals surface area contributed by atoms with Crippen molar-refractivity contribution in [3.05, 3.63) is 12.7 Å². The van der Waals surface area contributed by atoms with Crippen LogP contribution in [0.15, 0.2) is 12.7 Å². The Morgan fingerprint density at radius 2 is 1.79 bits per heavy atom. The molecule has 1 rings (SSSR count). The van der Waals surface area contributed by atoms with Gasteiger partial charge in [-0.2, -0.15) is 0 Å². The molecule has 0 N–H and O–H groups in total. The summed E-state index contributed by atoms with van der Waals surface area (Å²) in [5, 5.41) is 0. The molecular weight excluding hydrogens is 180 g/mol. The summed E-state index contributed by atoms with van der Waals surface area (Å²) in [5.41, 5.74) is 0. The Balaban J connectivity index is 2.77. The van der Waals surface area contributed by atoms with Crippen LogP contribution in [0.1, 0.15) is 13.8 Å². The van der Waals surface area contributed by atoms with Crippen LogP contribution in [0.4, 0.5) is 0 Å². The lowest BCUT2D eigenvalue weighted by atomic mass is 9.85. The highest BCUT2D eigenvalue weighted by molar-refractivity contribution is 4.94. The summed E-state index contributed by atoms with van der Waals surface area (Å²) in [6.45, 7) is 7.96. The Hall–Kier alpha value is -0.380. The Bertz CT molecular complexity index is 193. The van der Waals surface area contributed by atoms with Gasteiger partial charge < -0.3 is 14.2 Å². The third-order valence-corrected chi connectivity index (χ3v) is 3.01. The monoisotopic (exact) mass is 200 g/mol. The molecule has 0 bridgehead atoms. The molecule has 1 aliphatic heterocycles. The molecule has 3 heteroatoms. The van der Waals surface area contributed by atoms with Gasteiger partial charge in [-0.3, -0.25) is 0 Å². The van der Waals surface area contributed by atoms with Crippen LogP contribution in [0.2, 0.25) is 0 Å². The number of rotatable bonds is 3. The zero-order valence-corrected chi connectivity index (χ0v) is 9.40. The fourth-order valence-corrected chi connectivity index (χ4v) is 2.19. The predicted molar refractivity (Wildman–Crippen MR) is 55.0 cm³/mol. The molecule has 5 atom stereocenters. The molecule has 1 heterocycles. The average molecular weight is 200 g/mol. The van der Waals surface area contributed by atoms with Crippen LogP contribution in [0.25, 0.3) is 0 Å². The molecule has 0 aliphatic carbocycles. The van der Waals surface area contributed by atoms with Crippen LogP contribution in [0.3, 0.4) is 0 Å². The lowest BCUT2D eigenvalue weighted by molar-refractivity contribution is -0.245. The Morgan fingerprint density at radius 1 is 1.14 bits per heavy atom. The first-order valence-electron chi connectivity index (χ1n) is 4.99. The second-order valence-electron chi connectivity index (χ2n) is 3.86. The molecular formula is C11H20O3. The maximum absolute atomic E-state index is 5.72. The summed E-state index contributed by atoms with van der Waals surface area (Å²) < 4.78 is 16.5. The second-order valence-corrected chi connectivity index (χ2v) is 3.86. The van der Waals surface area contributed by atoms with E-state index in [9.17, 15) is 0 Å². The molecule has 14 heavy (non-hydrogen) atoms. The second kappa shape index (κ2) is 4.91. The molecule has 1 fully saturated rings. The van der Waals surface area contributed by atoms with Crippen LogP contribution in [0, 0.1) is 11.8 Å².